The normalized spacial score (nSPS) is 28.4. The number of amides is 1. The highest BCUT2D eigenvalue weighted by Gasteiger charge is 2.36. The van der Waals surface area contributed by atoms with E-state index in [9.17, 15) is 4.79 Å². The standard InChI is InChI=1S/C15H21N3O3S/c1-17-2-3-18-7-10(6-11(18)8-17)16-15(19)14-13-12(9-22-14)20-4-5-21-13/h9-11H,2-8H2,1H3,(H,16,19)/t10-,11-/m0/s1. The lowest BCUT2D eigenvalue weighted by Crippen LogP contribution is -2.48. The fourth-order valence-electron chi connectivity index (χ4n) is 3.57. The first kappa shape index (κ1) is 14.3. The second kappa shape index (κ2) is 5.72. The van der Waals surface area contributed by atoms with Gasteiger partial charge >= 0.3 is 0 Å². The number of thiophene rings is 1. The maximum atomic E-state index is 12.5. The molecule has 1 amide bonds. The molecule has 0 aliphatic carbocycles. The highest BCUT2D eigenvalue weighted by Crippen LogP contribution is 2.39. The summed E-state index contributed by atoms with van der Waals surface area (Å²) < 4.78 is 11.1. The summed E-state index contributed by atoms with van der Waals surface area (Å²) in [5, 5.41) is 5.04. The van der Waals surface area contributed by atoms with E-state index in [0.717, 1.165) is 32.6 Å². The molecule has 0 spiro atoms. The van der Waals surface area contributed by atoms with Gasteiger partial charge < -0.3 is 19.7 Å². The van der Waals surface area contributed by atoms with Gasteiger partial charge in [0, 0.05) is 43.6 Å². The van der Waals surface area contributed by atoms with Crippen molar-refractivity contribution >= 4 is 17.2 Å². The number of fused-ring (bicyclic) bond motifs is 2. The molecule has 1 N–H and O–H groups in total. The van der Waals surface area contributed by atoms with E-state index in [1.165, 1.54) is 11.3 Å². The number of likely N-dealkylation sites (N-methyl/N-ethyl adjacent to an activating group) is 1. The third kappa shape index (κ3) is 2.57. The van der Waals surface area contributed by atoms with Gasteiger partial charge in [-0.05, 0) is 13.5 Å². The van der Waals surface area contributed by atoms with Gasteiger partial charge in [-0.15, -0.1) is 11.3 Å². The fourth-order valence-corrected chi connectivity index (χ4v) is 4.41. The first-order chi connectivity index (χ1) is 10.7. The quantitative estimate of drug-likeness (QED) is 0.865. The average molecular weight is 323 g/mol. The van der Waals surface area contributed by atoms with E-state index in [1.807, 2.05) is 5.38 Å². The highest BCUT2D eigenvalue weighted by atomic mass is 32.1. The van der Waals surface area contributed by atoms with Gasteiger partial charge in [0.05, 0.1) is 0 Å². The molecule has 4 heterocycles. The average Bonchev–Trinajstić information content (AvgIpc) is 3.09. The van der Waals surface area contributed by atoms with Crippen LogP contribution in [0.2, 0.25) is 0 Å². The molecule has 0 radical (unpaired) electrons. The Morgan fingerprint density at radius 1 is 1.32 bits per heavy atom. The topological polar surface area (TPSA) is 54.0 Å². The lowest BCUT2D eigenvalue weighted by Gasteiger charge is -2.34. The Balaban J connectivity index is 1.41. The van der Waals surface area contributed by atoms with Crippen LogP contribution in [-0.4, -0.2) is 74.2 Å². The number of ether oxygens (including phenoxy) is 2. The number of carbonyl (C=O) groups excluding carboxylic acids is 1. The minimum Gasteiger partial charge on any atom is -0.485 e. The molecule has 2 atom stereocenters. The lowest BCUT2D eigenvalue weighted by molar-refractivity contribution is 0.0931. The van der Waals surface area contributed by atoms with Crippen LogP contribution >= 0.6 is 11.3 Å². The van der Waals surface area contributed by atoms with Crippen LogP contribution in [-0.2, 0) is 0 Å². The van der Waals surface area contributed by atoms with E-state index in [1.54, 1.807) is 0 Å². The molecule has 1 aromatic rings. The van der Waals surface area contributed by atoms with Gasteiger partial charge in [0.25, 0.3) is 5.91 Å². The number of nitrogens with zero attached hydrogens (tertiary/aromatic N) is 2. The van der Waals surface area contributed by atoms with Crippen molar-refractivity contribution in [3.8, 4) is 11.5 Å². The summed E-state index contributed by atoms with van der Waals surface area (Å²) in [7, 11) is 2.17. The smallest absolute Gasteiger partial charge is 0.265 e. The van der Waals surface area contributed by atoms with Crippen molar-refractivity contribution in [3.05, 3.63) is 10.3 Å². The predicted octanol–water partition coefficient (Wildman–Crippen LogP) is 0.637. The number of piperazine rings is 1. The van der Waals surface area contributed by atoms with Crippen molar-refractivity contribution in [2.24, 2.45) is 0 Å². The molecule has 0 saturated carbocycles. The second-order valence-electron chi connectivity index (χ2n) is 6.27. The third-order valence-electron chi connectivity index (χ3n) is 4.66. The molecule has 2 saturated heterocycles. The fraction of sp³-hybridized carbons (Fsp3) is 0.667. The molecule has 4 rings (SSSR count). The molecule has 1 aromatic heterocycles. The first-order valence-corrected chi connectivity index (χ1v) is 8.69. The van der Waals surface area contributed by atoms with Crippen LogP contribution in [0.3, 0.4) is 0 Å². The largest absolute Gasteiger partial charge is 0.485 e. The maximum absolute atomic E-state index is 12.5. The zero-order valence-corrected chi connectivity index (χ0v) is 13.5. The molecular formula is C15H21N3O3S. The minimum atomic E-state index is -0.0325. The van der Waals surface area contributed by atoms with Gasteiger partial charge in [0.2, 0.25) is 0 Å². The molecule has 0 unspecified atom stereocenters. The molecule has 0 bridgehead atoms. The summed E-state index contributed by atoms with van der Waals surface area (Å²) in [5.41, 5.74) is 0. The van der Waals surface area contributed by atoms with Crippen LogP contribution in [0.4, 0.5) is 0 Å². The van der Waals surface area contributed by atoms with Crippen molar-refractivity contribution in [3.63, 3.8) is 0 Å². The third-order valence-corrected chi connectivity index (χ3v) is 5.60. The molecule has 22 heavy (non-hydrogen) atoms. The Morgan fingerprint density at radius 3 is 3.09 bits per heavy atom. The van der Waals surface area contributed by atoms with Gasteiger partial charge in [0.1, 0.15) is 18.1 Å². The summed E-state index contributed by atoms with van der Waals surface area (Å²) in [6.07, 6.45) is 1.03. The molecule has 6 nitrogen and oxygen atoms in total. The Bertz CT molecular complexity index is 576. The van der Waals surface area contributed by atoms with Crippen molar-refractivity contribution in [2.75, 3.05) is 46.4 Å². The molecular weight excluding hydrogens is 302 g/mol. The maximum Gasteiger partial charge on any atom is 0.265 e. The number of hydrogen-bond donors (Lipinski definition) is 1. The van der Waals surface area contributed by atoms with Crippen molar-refractivity contribution in [1.29, 1.82) is 0 Å². The van der Waals surface area contributed by atoms with Crippen LogP contribution in [0.15, 0.2) is 5.38 Å². The van der Waals surface area contributed by atoms with Gasteiger partial charge in [-0.1, -0.05) is 0 Å². The van der Waals surface area contributed by atoms with E-state index in [-0.39, 0.29) is 11.9 Å². The van der Waals surface area contributed by atoms with Gasteiger partial charge in [-0.2, -0.15) is 0 Å². The van der Waals surface area contributed by atoms with E-state index >= 15 is 0 Å². The van der Waals surface area contributed by atoms with Gasteiger partial charge in [-0.3, -0.25) is 9.69 Å². The number of rotatable bonds is 2. The summed E-state index contributed by atoms with van der Waals surface area (Å²) in [6, 6.07) is 0.798. The van der Waals surface area contributed by atoms with Crippen LogP contribution in [0.1, 0.15) is 16.1 Å². The first-order valence-electron chi connectivity index (χ1n) is 7.81. The van der Waals surface area contributed by atoms with Crippen molar-refractivity contribution < 1.29 is 14.3 Å². The molecule has 120 valence electrons. The monoisotopic (exact) mass is 323 g/mol. The molecule has 3 aliphatic rings. The Labute approximate surface area is 134 Å². The Morgan fingerprint density at radius 2 is 2.18 bits per heavy atom. The van der Waals surface area contributed by atoms with E-state index < -0.39 is 0 Å². The van der Waals surface area contributed by atoms with E-state index in [4.69, 9.17) is 9.47 Å². The summed E-state index contributed by atoms with van der Waals surface area (Å²) in [4.78, 5) is 18.0. The second-order valence-corrected chi connectivity index (χ2v) is 7.15. The van der Waals surface area contributed by atoms with E-state index in [0.29, 0.717) is 35.6 Å². The molecule has 3 aliphatic heterocycles. The zero-order valence-electron chi connectivity index (χ0n) is 12.7. The number of hydrogen-bond acceptors (Lipinski definition) is 6. The van der Waals surface area contributed by atoms with Crippen molar-refractivity contribution in [2.45, 2.75) is 18.5 Å². The lowest BCUT2D eigenvalue weighted by atomic mass is 10.1. The molecule has 7 heteroatoms. The van der Waals surface area contributed by atoms with Crippen molar-refractivity contribution in [1.82, 2.24) is 15.1 Å². The summed E-state index contributed by atoms with van der Waals surface area (Å²) in [5.74, 6) is 1.28. The predicted molar refractivity (Wildman–Crippen MR) is 84.0 cm³/mol. The molecule has 0 aromatic carbocycles. The van der Waals surface area contributed by atoms with Crippen LogP contribution < -0.4 is 14.8 Å². The van der Waals surface area contributed by atoms with Gasteiger partial charge in [-0.25, -0.2) is 0 Å². The number of nitrogens with one attached hydrogen (secondary N) is 1. The van der Waals surface area contributed by atoms with Crippen LogP contribution in [0, 0.1) is 0 Å². The zero-order chi connectivity index (χ0) is 15.1. The van der Waals surface area contributed by atoms with Crippen LogP contribution in [0.5, 0.6) is 11.5 Å². The SMILES string of the molecule is CN1CCN2C[C@@H](NC(=O)c3scc4c3OCCO4)C[C@H]2C1. The summed E-state index contributed by atoms with van der Waals surface area (Å²) >= 11 is 1.40. The highest BCUT2D eigenvalue weighted by molar-refractivity contribution is 7.12. The van der Waals surface area contributed by atoms with Gasteiger partial charge in [0.15, 0.2) is 11.5 Å². The Kier molecular flexibility index (Phi) is 3.71. The minimum absolute atomic E-state index is 0.0325. The van der Waals surface area contributed by atoms with E-state index in [2.05, 4.69) is 22.2 Å². The molecule has 2 fully saturated rings. The Hall–Kier alpha value is -1.31. The summed E-state index contributed by atoms with van der Waals surface area (Å²) in [6.45, 7) is 5.32. The van der Waals surface area contributed by atoms with Crippen LogP contribution in [0.25, 0.3) is 0 Å². The number of carbonyl (C=O) groups is 1.